The van der Waals surface area contributed by atoms with Gasteiger partial charge in [-0.25, -0.2) is 5.43 Å². The van der Waals surface area contributed by atoms with E-state index < -0.39 is 0 Å². The van der Waals surface area contributed by atoms with Gasteiger partial charge in [0.05, 0.1) is 6.21 Å². The van der Waals surface area contributed by atoms with Crippen LogP contribution in [0.4, 0.5) is 0 Å². The van der Waals surface area contributed by atoms with Crippen LogP contribution in [0.5, 0.6) is 5.75 Å². The van der Waals surface area contributed by atoms with Gasteiger partial charge in [0.2, 0.25) is 0 Å². The second-order valence-corrected chi connectivity index (χ2v) is 6.11. The van der Waals surface area contributed by atoms with E-state index in [1.165, 1.54) is 0 Å². The molecule has 2 rings (SSSR count). The molecule has 0 aliphatic carbocycles. The standard InChI is InChI=1S/C18H21N3O2/c1-18(2,3)15-6-4-5-7-16(15)23-13-17(22)21-20-12-14-8-10-19-11-9-14/h4-12H,13H2,1-3H3,(H,21,22)/b20-12+. The van der Waals surface area contributed by atoms with Crippen LogP contribution in [0.15, 0.2) is 53.9 Å². The fourth-order valence-corrected chi connectivity index (χ4v) is 2.02. The lowest BCUT2D eigenvalue weighted by Gasteiger charge is -2.22. The van der Waals surface area contributed by atoms with Gasteiger partial charge in [0, 0.05) is 12.4 Å². The van der Waals surface area contributed by atoms with E-state index >= 15 is 0 Å². The molecule has 23 heavy (non-hydrogen) atoms. The smallest absolute Gasteiger partial charge is 0.277 e. The molecule has 0 spiro atoms. The zero-order valence-corrected chi connectivity index (χ0v) is 13.6. The normalized spacial score (nSPS) is 11.4. The molecule has 0 aliphatic heterocycles. The molecule has 5 nitrogen and oxygen atoms in total. The number of benzene rings is 1. The lowest BCUT2D eigenvalue weighted by molar-refractivity contribution is -0.123. The molecular formula is C18H21N3O2. The monoisotopic (exact) mass is 311 g/mol. The van der Waals surface area contributed by atoms with Crippen LogP contribution in [0.2, 0.25) is 0 Å². The SMILES string of the molecule is CC(C)(C)c1ccccc1OCC(=O)N/N=C/c1ccncc1. The molecule has 2 aromatic rings. The van der Waals surface area contributed by atoms with Crippen LogP contribution in [0.1, 0.15) is 31.9 Å². The first kappa shape index (κ1) is 16.7. The Hall–Kier alpha value is -2.69. The van der Waals surface area contributed by atoms with Crippen molar-refractivity contribution in [2.24, 2.45) is 5.10 Å². The van der Waals surface area contributed by atoms with Crippen molar-refractivity contribution in [3.05, 3.63) is 59.9 Å². The van der Waals surface area contributed by atoms with Crippen molar-refractivity contribution in [1.29, 1.82) is 0 Å². The molecule has 1 aromatic heterocycles. The summed E-state index contributed by atoms with van der Waals surface area (Å²) in [6.45, 7) is 6.23. The third kappa shape index (κ3) is 5.21. The number of carbonyl (C=O) groups excluding carboxylic acids is 1. The van der Waals surface area contributed by atoms with Gasteiger partial charge in [-0.3, -0.25) is 9.78 Å². The van der Waals surface area contributed by atoms with Crippen LogP contribution >= 0.6 is 0 Å². The Labute approximate surface area is 136 Å². The van der Waals surface area contributed by atoms with Gasteiger partial charge >= 0.3 is 0 Å². The van der Waals surface area contributed by atoms with Crippen molar-refractivity contribution in [3.8, 4) is 5.75 Å². The minimum Gasteiger partial charge on any atom is -0.483 e. The summed E-state index contributed by atoms with van der Waals surface area (Å²) in [7, 11) is 0. The van der Waals surface area contributed by atoms with E-state index in [2.05, 4.69) is 36.3 Å². The predicted molar refractivity (Wildman–Crippen MR) is 90.6 cm³/mol. The van der Waals surface area contributed by atoms with E-state index in [-0.39, 0.29) is 17.9 Å². The second kappa shape index (κ2) is 7.54. The minimum absolute atomic E-state index is 0.0490. The minimum atomic E-state index is -0.306. The number of hydrogen-bond acceptors (Lipinski definition) is 4. The number of ether oxygens (including phenoxy) is 1. The Morgan fingerprint density at radius 2 is 1.91 bits per heavy atom. The molecule has 0 atom stereocenters. The van der Waals surface area contributed by atoms with Gasteiger partial charge in [-0.2, -0.15) is 5.10 Å². The fraction of sp³-hybridized carbons (Fsp3) is 0.278. The molecule has 1 aromatic carbocycles. The van der Waals surface area contributed by atoms with Crippen molar-refractivity contribution in [1.82, 2.24) is 10.4 Å². The van der Waals surface area contributed by atoms with E-state index in [0.29, 0.717) is 5.75 Å². The maximum Gasteiger partial charge on any atom is 0.277 e. The fourth-order valence-electron chi connectivity index (χ4n) is 2.02. The Kier molecular flexibility index (Phi) is 5.46. The first-order valence-electron chi connectivity index (χ1n) is 7.41. The molecule has 0 saturated heterocycles. The van der Waals surface area contributed by atoms with Crippen molar-refractivity contribution < 1.29 is 9.53 Å². The van der Waals surface area contributed by atoms with Crippen LogP contribution in [0.25, 0.3) is 0 Å². The van der Waals surface area contributed by atoms with Crippen molar-refractivity contribution in [3.63, 3.8) is 0 Å². The maximum absolute atomic E-state index is 11.8. The van der Waals surface area contributed by atoms with E-state index in [4.69, 9.17) is 4.74 Å². The number of pyridine rings is 1. The molecule has 120 valence electrons. The molecule has 0 bridgehead atoms. The molecule has 1 amide bonds. The molecule has 1 N–H and O–H groups in total. The predicted octanol–water partition coefficient (Wildman–Crippen LogP) is 2.91. The van der Waals surface area contributed by atoms with Gasteiger partial charge in [-0.05, 0) is 34.7 Å². The number of nitrogens with zero attached hydrogens (tertiary/aromatic N) is 2. The van der Waals surface area contributed by atoms with Crippen LogP contribution in [-0.4, -0.2) is 23.7 Å². The van der Waals surface area contributed by atoms with Gasteiger partial charge in [0.1, 0.15) is 5.75 Å². The van der Waals surface area contributed by atoms with Gasteiger partial charge in [-0.1, -0.05) is 39.0 Å². The number of hydrogen-bond donors (Lipinski definition) is 1. The topological polar surface area (TPSA) is 63.6 Å². The summed E-state index contributed by atoms with van der Waals surface area (Å²) in [5.74, 6) is 0.410. The van der Waals surface area contributed by atoms with Crippen LogP contribution < -0.4 is 10.2 Å². The average Bonchev–Trinajstić information content (AvgIpc) is 2.53. The molecule has 0 aliphatic rings. The zero-order valence-electron chi connectivity index (χ0n) is 13.6. The van der Waals surface area contributed by atoms with Gasteiger partial charge in [0.15, 0.2) is 6.61 Å². The van der Waals surface area contributed by atoms with Gasteiger partial charge in [0.25, 0.3) is 5.91 Å². The zero-order chi connectivity index (χ0) is 16.7. The quantitative estimate of drug-likeness (QED) is 0.682. The lowest BCUT2D eigenvalue weighted by Crippen LogP contribution is -2.25. The number of hydrazone groups is 1. The third-order valence-corrected chi connectivity index (χ3v) is 3.16. The number of amides is 1. The number of rotatable bonds is 5. The highest BCUT2D eigenvalue weighted by Gasteiger charge is 2.18. The van der Waals surface area contributed by atoms with E-state index in [9.17, 15) is 4.79 Å². The number of para-hydroxylation sites is 1. The molecule has 0 saturated carbocycles. The molecule has 5 heteroatoms. The molecular weight excluding hydrogens is 290 g/mol. The first-order chi connectivity index (χ1) is 11.0. The van der Waals surface area contributed by atoms with Crippen molar-refractivity contribution in [2.45, 2.75) is 26.2 Å². The highest BCUT2D eigenvalue weighted by Crippen LogP contribution is 2.30. The third-order valence-electron chi connectivity index (χ3n) is 3.16. The number of nitrogens with one attached hydrogen (secondary N) is 1. The van der Waals surface area contributed by atoms with Crippen LogP contribution in [0, 0.1) is 0 Å². The average molecular weight is 311 g/mol. The highest BCUT2D eigenvalue weighted by molar-refractivity contribution is 5.82. The van der Waals surface area contributed by atoms with E-state index in [1.807, 2.05) is 24.3 Å². The van der Waals surface area contributed by atoms with Gasteiger partial charge in [-0.15, -0.1) is 0 Å². The van der Waals surface area contributed by atoms with Crippen LogP contribution in [-0.2, 0) is 10.2 Å². The molecule has 0 fully saturated rings. The van der Waals surface area contributed by atoms with Crippen molar-refractivity contribution in [2.75, 3.05) is 6.61 Å². The first-order valence-corrected chi connectivity index (χ1v) is 7.41. The Bertz CT molecular complexity index is 676. The molecule has 0 unspecified atom stereocenters. The Morgan fingerprint density at radius 3 is 2.61 bits per heavy atom. The summed E-state index contributed by atoms with van der Waals surface area (Å²) >= 11 is 0. The Morgan fingerprint density at radius 1 is 1.22 bits per heavy atom. The Balaban J connectivity index is 1.89. The van der Waals surface area contributed by atoms with Crippen LogP contribution in [0.3, 0.4) is 0 Å². The largest absolute Gasteiger partial charge is 0.483 e. The summed E-state index contributed by atoms with van der Waals surface area (Å²) < 4.78 is 5.63. The van der Waals surface area contributed by atoms with E-state index in [0.717, 1.165) is 11.1 Å². The summed E-state index contributed by atoms with van der Waals surface area (Å²) in [6.07, 6.45) is 4.88. The number of carbonyl (C=O) groups is 1. The van der Waals surface area contributed by atoms with Gasteiger partial charge < -0.3 is 4.74 Å². The molecule has 0 radical (unpaired) electrons. The van der Waals surface area contributed by atoms with Crippen molar-refractivity contribution >= 4 is 12.1 Å². The number of aromatic nitrogens is 1. The summed E-state index contributed by atoms with van der Waals surface area (Å²) in [5.41, 5.74) is 4.32. The summed E-state index contributed by atoms with van der Waals surface area (Å²) in [5, 5.41) is 3.89. The highest BCUT2D eigenvalue weighted by atomic mass is 16.5. The second-order valence-electron chi connectivity index (χ2n) is 6.11. The lowest BCUT2D eigenvalue weighted by atomic mass is 9.86. The summed E-state index contributed by atoms with van der Waals surface area (Å²) in [6, 6.07) is 11.3. The molecule has 1 heterocycles. The maximum atomic E-state index is 11.8. The van der Waals surface area contributed by atoms with E-state index in [1.54, 1.807) is 30.7 Å². The summed E-state index contributed by atoms with van der Waals surface area (Å²) in [4.78, 5) is 15.7.